The van der Waals surface area contributed by atoms with Gasteiger partial charge in [-0.2, -0.15) is 0 Å². The van der Waals surface area contributed by atoms with Crippen molar-refractivity contribution in [3.8, 4) is 0 Å². The highest BCUT2D eigenvalue weighted by atomic mass is 16.4. The summed E-state index contributed by atoms with van der Waals surface area (Å²) in [5.41, 5.74) is 6.62. The lowest BCUT2D eigenvalue weighted by molar-refractivity contribution is -0.118. The Balaban J connectivity index is 0.000000507. The maximum atomic E-state index is 9.70. The fraction of sp³-hybridized carbons (Fsp3) is 0.357. The minimum Gasteiger partial charge on any atom is -0.443 e. The number of furan rings is 1. The maximum Gasteiger partial charge on any atom is 0.226 e. The average Bonchev–Trinajstić information content (AvgIpc) is 3.08. The third-order valence-electron chi connectivity index (χ3n) is 4.37. The van der Waals surface area contributed by atoms with E-state index in [2.05, 4.69) is 78.8 Å². The van der Waals surface area contributed by atoms with Gasteiger partial charge in [0.15, 0.2) is 0 Å². The largest absolute Gasteiger partial charge is 0.443 e. The molecule has 1 aromatic carbocycles. The van der Waals surface area contributed by atoms with Crippen LogP contribution in [0.1, 0.15) is 42.7 Å². The first kappa shape index (κ1) is 29.8. The number of nitrogens with one attached hydrogen (secondary N) is 1. The SMILES string of the molecule is C=C1/C=C(C)\C=C/C/C=c2/cc(C)oc2=N1.CNC(C)=O.COC.Cc1ccc(C)c(C)c1. The number of methoxy groups -OCH3 is 1. The number of nitrogens with zero attached hydrogens (tertiary/aromatic N) is 1. The first-order valence-electron chi connectivity index (χ1n) is 10.8. The van der Waals surface area contributed by atoms with E-state index in [4.69, 9.17) is 4.42 Å². The van der Waals surface area contributed by atoms with Crippen LogP contribution in [0, 0.1) is 27.7 Å². The number of amides is 1. The fourth-order valence-corrected chi connectivity index (χ4v) is 2.57. The van der Waals surface area contributed by atoms with Crippen LogP contribution in [-0.2, 0) is 9.53 Å². The Labute approximate surface area is 199 Å². The van der Waals surface area contributed by atoms with E-state index in [1.807, 2.05) is 26.0 Å². The average molecular weight is 453 g/mol. The number of hydrogen-bond donors (Lipinski definition) is 1. The maximum absolute atomic E-state index is 9.70. The van der Waals surface area contributed by atoms with E-state index < -0.39 is 0 Å². The predicted molar refractivity (Wildman–Crippen MR) is 139 cm³/mol. The first-order chi connectivity index (χ1) is 15.5. The molecule has 0 aliphatic carbocycles. The Morgan fingerprint density at radius 3 is 2.21 bits per heavy atom. The molecule has 33 heavy (non-hydrogen) atoms. The molecule has 3 rings (SSSR count). The van der Waals surface area contributed by atoms with Gasteiger partial charge in [-0.3, -0.25) is 4.79 Å². The highest BCUT2D eigenvalue weighted by Crippen LogP contribution is 2.07. The summed E-state index contributed by atoms with van der Waals surface area (Å²) >= 11 is 0. The first-order valence-corrected chi connectivity index (χ1v) is 10.8. The number of carbonyl (C=O) groups excluding carboxylic acids is 1. The van der Waals surface area contributed by atoms with Gasteiger partial charge in [0.05, 0.1) is 5.70 Å². The standard InChI is InChI=1S/C14H15NO.C9H12.C3H7NO.C2H6O/c1-10-6-4-5-7-13-9-12(3)16-14(13)15-11(2)8-10;1-7-4-5-8(2)9(3)6-7;1-3(5)4-2;1-3-2/h4,6-9H,2,5H2,1,3H3;4-6H,1-3H3;1-2H3,(H,4,5);1-2H3/b6-4-,10-8-,13-7-,15-14?;;;. The Bertz CT molecular complexity index is 1070. The summed E-state index contributed by atoms with van der Waals surface area (Å²) in [5, 5.41) is 3.43. The lowest BCUT2D eigenvalue weighted by Crippen LogP contribution is -2.19. The molecule has 0 fully saturated rings. The molecule has 0 saturated heterocycles. The molecule has 5 heteroatoms. The molecular formula is C28H40N2O3. The van der Waals surface area contributed by atoms with E-state index in [1.54, 1.807) is 21.3 Å². The van der Waals surface area contributed by atoms with Crippen molar-refractivity contribution < 1.29 is 13.9 Å². The van der Waals surface area contributed by atoms with Crippen LogP contribution in [0.2, 0.25) is 0 Å². The Morgan fingerprint density at radius 2 is 1.70 bits per heavy atom. The van der Waals surface area contributed by atoms with Crippen molar-refractivity contribution in [3.63, 3.8) is 0 Å². The lowest BCUT2D eigenvalue weighted by Gasteiger charge is -1.98. The van der Waals surface area contributed by atoms with E-state index in [0.29, 0.717) is 11.3 Å². The molecule has 1 aliphatic heterocycles. The number of ether oxygens (including phenoxy) is 1. The summed E-state index contributed by atoms with van der Waals surface area (Å²) in [6.45, 7) is 15.7. The topological polar surface area (TPSA) is 63.8 Å². The van der Waals surface area contributed by atoms with Crippen molar-refractivity contribution in [3.05, 3.63) is 93.6 Å². The van der Waals surface area contributed by atoms with Crippen molar-refractivity contribution in [1.82, 2.24) is 5.32 Å². The third kappa shape index (κ3) is 13.8. The van der Waals surface area contributed by atoms with Crippen molar-refractivity contribution >= 4 is 12.0 Å². The number of rotatable bonds is 0. The van der Waals surface area contributed by atoms with Crippen LogP contribution >= 0.6 is 0 Å². The zero-order valence-corrected chi connectivity index (χ0v) is 21.7. The highest BCUT2D eigenvalue weighted by molar-refractivity contribution is 5.72. The quantitative estimate of drug-likeness (QED) is 0.609. The molecule has 2 aromatic rings. The van der Waals surface area contributed by atoms with E-state index in [0.717, 1.165) is 23.0 Å². The van der Waals surface area contributed by atoms with Crippen molar-refractivity contribution in [1.29, 1.82) is 0 Å². The van der Waals surface area contributed by atoms with Crippen LogP contribution in [0.5, 0.6) is 0 Å². The number of carbonyl (C=O) groups is 1. The predicted octanol–water partition coefficient (Wildman–Crippen LogP) is 5.03. The van der Waals surface area contributed by atoms with Gasteiger partial charge >= 0.3 is 0 Å². The molecule has 0 spiro atoms. The van der Waals surface area contributed by atoms with E-state index >= 15 is 0 Å². The number of aryl methyl sites for hydroxylation is 4. The molecule has 1 aliphatic rings. The Hall–Kier alpha value is -3.18. The van der Waals surface area contributed by atoms with Gasteiger partial charge in [0.2, 0.25) is 11.5 Å². The minimum absolute atomic E-state index is 0.00463. The monoisotopic (exact) mass is 452 g/mol. The number of hydrogen-bond acceptors (Lipinski definition) is 4. The summed E-state index contributed by atoms with van der Waals surface area (Å²) in [6.07, 6.45) is 9.14. The Morgan fingerprint density at radius 1 is 1.09 bits per heavy atom. The van der Waals surface area contributed by atoms with Crippen LogP contribution in [0.3, 0.4) is 0 Å². The van der Waals surface area contributed by atoms with Crippen molar-refractivity contribution in [2.75, 3.05) is 21.3 Å². The van der Waals surface area contributed by atoms with Crippen molar-refractivity contribution in [2.24, 2.45) is 4.99 Å². The van der Waals surface area contributed by atoms with Gasteiger partial charge in [-0.25, -0.2) is 4.99 Å². The molecule has 0 atom stereocenters. The molecule has 2 heterocycles. The molecule has 0 saturated carbocycles. The zero-order chi connectivity index (χ0) is 25.4. The molecule has 180 valence electrons. The molecule has 1 N–H and O–H groups in total. The van der Waals surface area contributed by atoms with Crippen LogP contribution in [0.4, 0.5) is 0 Å². The van der Waals surface area contributed by atoms with Crippen molar-refractivity contribution in [2.45, 2.75) is 48.0 Å². The minimum atomic E-state index is 0.00463. The van der Waals surface area contributed by atoms with Gasteiger partial charge in [-0.15, -0.1) is 0 Å². The van der Waals surface area contributed by atoms with Gasteiger partial charge < -0.3 is 14.5 Å². The van der Waals surface area contributed by atoms with Gasteiger partial charge in [0.25, 0.3) is 0 Å². The van der Waals surface area contributed by atoms with Crippen LogP contribution in [0.15, 0.2) is 69.8 Å². The number of fused-ring (bicyclic) bond motifs is 1. The van der Waals surface area contributed by atoms with E-state index in [-0.39, 0.29) is 5.91 Å². The second kappa shape index (κ2) is 16.5. The molecule has 0 bridgehead atoms. The van der Waals surface area contributed by atoms with Gasteiger partial charge in [0, 0.05) is 33.4 Å². The van der Waals surface area contributed by atoms with Crippen LogP contribution in [-0.4, -0.2) is 27.2 Å². The number of allylic oxidation sites excluding steroid dienone is 4. The summed E-state index contributed by atoms with van der Waals surface area (Å²) in [6, 6.07) is 8.50. The molecule has 1 amide bonds. The fourth-order valence-electron chi connectivity index (χ4n) is 2.57. The second-order valence-electron chi connectivity index (χ2n) is 7.75. The van der Waals surface area contributed by atoms with Gasteiger partial charge in [0.1, 0.15) is 5.76 Å². The van der Waals surface area contributed by atoms with E-state index in [9.17, 15) is 4.79 Å². The second-order valence-corrected chi connectivity index (χ2v) is 7.75. The molecule has 0 unspecified atom stereocenters. The Kier molecular flexibility index (Phi) is 14.9. The molecule has 0 radical (unpaired) electrons. The highest BCUT2D eigenvalue weighted by Gasteiger charge is 1.97. The van der Waals surface area contributed by atoms with Crippen LogP contribution < -0.4 is 16.1 Å². The normalized spacial score (nSPS) is 15.5. The smallest absolute Gasteiger partial charge is 0.226 e. The summed E-state index contributed by atoms with van der Waals surface area (Å²) in [5.74, 6) is 0.881. The zero-order valence-electron chi connectivity index (χ0n) is 21.7. The van der Waals surface area contributed by atoms with Gasteiger partial charge in [-0.05, 0) is 69.9 Å². The summed E-state index contributed by atoms with van der Waals surface area (Å²) in [4.78, 5) is 14.1. The third-order valence-corrected chi connectivity index (χ3v) is 4.37. The summed E-state index contributed by atoms with van der Waals surface area (Å²) in [7, 11) is 4.85. The molecule has 5 nitrogen and oxygen atoms in total. The summed E-state index contributed by atoms with van der Waals surface area (Å²) < 4.78 is 9.78. The molecule has 1 aromatic heterocycles. The number of benzene rings is 1. The van der Waals surface area contributed by atoms with Crippen LogP contribution in [0.25, 0.3) is 6.08 Å². The lowest BCUT2D eigenvalue weighted by atomic mass is 10.1. The molecular weight excluding hydrogens is 412 g/mol. The van der Waals surface area contributed by atoms with Gasteiger partial charge in [-0.1, -0.05) is 48.6 Å². The van der Waals surface area contributed by atoms with E-state index in [1.165, 1.54) is 23.6 Å².